The quantitative estimate of drug-likeness (QED) is 0.826. The van der Waals surface area contributed by atoms with Crippen molar-refractivity contribution in [2.75, 3.05) is 13.2 Å². The van der Waals surface area contributed by atoms with Gasteiger partial charge >= 0.3 is 5.97 Å². The van der Waals surface area contributed by atoms with E-state index in [1.807, 2.05) is 38.1 Å². The number of rotatable bonds is 6. The summed E-state index contributed by atoms with van der Waals surface area (Å²) >= 11 is 0. The first-order valence-electron chi connectivity index (χ1n) is 6.72. The van der Waals surface area contributed by atoms with Crippen LogP contribution in [0.2, 0.25) is 0 Å². The maximum atomic E-state index is 10.8. The molecule has 4 heteroatoms. The van der Waals surface area contributed by atoms with Crippen LogP contribution in [0.3, 0.4) is 0 Å². The molecule has 0 aliphatic rings. The van der Waals surface area contributed by atoms with E-state index in [1.54, 1.807) is 12.1 Å². The van der Waals surface area contributed by atoms with Gasteiger partial charge in [-0.25, -0.2) is 4.79 Å². The van der Waals surface area contributed by atoms with Gasteiger partial charge in [-0.2, -0.15) is 0 Å². The molecule has 2 rings (SSSR count). The van der Waals surface area contributed by atoms with Crippen molar-refractivity contribution < 1.29 is 19.4 Å². The lowest BCUT2D eigenvalue weighted by molar-refractivity contribution is 0.0696. The summed E-state index contributed by atoms with van der Waals surface area (Å²) in [5, 5.41) is 8.90. The lowest BCUT2D eigenvalue weighted by atomic mass is 10.1. The predicted molar refractivity (Wildman–Crippen MR) is 80.3 cm³/mol. The number of ether oxygens (including phenoxy) is 2. The van der Waals surface area contributed by atoms with Crippen LogP contribution in [0.25, 0.3) is 0 Å². The van der Waals surface area contributed by atoms with Gasteiger partial charge in [-0.05, 0) is 49.7 Å². The van der Waals surface area contributed by atoms with Crippen LogP contribution in [0.5, 0.6) is 11.5 Å². The molecule has 4 nitrogen and oxygen atoms in total. The lowest BCUT2D eigenvalue weighted by Gasteiger charge is -2.11. The Hall–Kier alpha value is -2.49. The molecule has 2 aromatic carbocycles. The number of benzene rings is 2. The summed E-state index contributed by atoms with van der Waals surface area (Å²) in [6, 6.07) is 12.6. The van der Waals surface area contributed by atoms with Crippen LogP contribution in [-0.4, -0.2) is 24.3 Å². The molecule has 0 fully saturated rings. The zero-order valence-corrected chi connectivity index (χ0v) is 12.1. The number of aromatic carboxylic acids is 1. The smallest absolute Gasteiger partial charge is 0.335 e. The van der Waals surface area contributed by atoms with Crippen LogP contribution < -0.4 is 9.47 Å². The highest BCUT2D eigenvalue weighted by atomic mass is 16.5. The standard InChI is InChI=1S/C17H18O4/c1-12-3-6-15(7-4-12)20-9-10-21-16-8-5-14(17(18)19)11-13(16)2/h3-8,11H,9-10H2,1-2H3,(H,18,19). The largest absolute Gasteiger partial charge is 0.490 e. The fraction of sp³-hybridized carbons (Fsp3) is 0.235. The van der Waals surface area contributed by atoms with E-state index in [9.17, 15) is 4.79 Å². The summed E-state index contributed by atoms with van der Waals surface area (Å²) in [5.74, 6) is 0.544. The highest BCUT2D eigenvalue weighted by molar-refractivity contribution is 5.88. The average molecular weight is 286 g/mol. The number of carboxylic acid groups (broad SMARTS) is 1. The summed E-state index contributed by atoms with van der Waals surface area (Å²) < 4.78 is 11.2. The summed E-state index contributed by atoms with van der Waals surface area (Å²) in [7, 11) is 0. The Morgan fingerprint density at radius 2 is 1.67 bits per heavy atom. The van der Waals surface area contributed by atoms with Crippen LogP contribution >= 0.6 is 0 Å². The first-order chi connectivity index (χ1) is 10.1. The second-order valence-electron chi connectivity index (χ2n) is 4.80. The fourth-order valence-electron chi connectivity index (χ4n) is 1.89. The van der Waals surface area contributed by atoms with E-state index in [0.29, 0.717) is 19.0 Å². The van der Waals surface area contributed by atoms with E-state index < -0.39 is 5.97 Å². The minimum atomic E-state index is -0.938. The second-order valence-corrected chi connectivity index (χ2v) is 4.80. The molecule has 0 saturated carbocycles. The number of carbonyl (C=O) groups is 1. The molecule has 21 heavy (non-hydrogen) atoms. The molecule has 0 atom stereocenters. The molecular weight excluding hydrogens is 268 g/mol. The van der Waals surface area contributed by atoms with Crippen molar-refractivity contribution in [3.8, 4) is 11.5 Å². The molecule has 0 radical (unpaired) electrons. The van der Waals surface area contributed by atoms with E-state index in [1.165, 1.54) is 11.6 Å². The Labute approximate surface area is 123 Å². The van der Waals surface area contributed by atoms with Crippen LogP contribution in [0.4, 0.5) is 0 Å². The molecule has 0 saturated heterocycles. The first-order valence-corrected chi connectivity index (χ1v) is 6.72. The summed E-state index contributed by atoms with van der Waals surface area (Å²) in [4.78, 5) is 10.8. The third-order valence-corrected chi connectivity index (χ3v) is 3.05. The van der Waals surface area contributed by atoms with Crippen molar-refractivity contribution in [1.29, 1.82) is 0 Å². The predicted octanol–water partition coefficient (Wildman–Crippen LogP) is 3.46. The van der Waals surface area contributed by atoms with Crippen LogP contribution in [0.1, 0.15) is 21.5 Å². The molecule has 0 heterocycles. The minimum absolute atomic E-state index is 0.260. The van der Waals surface area contributed by atoms with Gasteiger partial charge in [0.25, 0.3) is 0 Å². The Balaban J connectivity index is 1.83. The minimum Gasteiger partial charge on any atom is -0.490 e. The lowest BCUT2D eigenvalue weighted by Crippen LogP contribution is -2.10. The third kappa shape index (κ3) is 4.24. The monoisotopic (exact) mass is 286 g/mol. The van der Waals surface area contributed by atoms with Gasteiger partial charge in [0.15, 0.2) is 0 Å². The molecule has 0 bridgehead atoms. The topological polar surface area (TPSA) is 55.8 Å². The van der Waals surface area contributed by atoms with Gasteiger partial charge in [0.1, 0.15) is 24.7 Å². The highest BCUT2D eigenvalue weighted by Gasteiger charge is 2.06. The second kappa shape index (κ2) is 6.79. The van der Waals surface area contributed by atoms with Gasteiger partial charge in [-0.1, -0.05) is 17.7 Å². The van der Waals surface area contributed by atoms with Gasteiger partial charge < -0.3 is 14.6 Å². The van der Waals surface area contributed by atoms with E-state index in [4.69, 9.17) is 14.6 Å². The summed E-state index contributed by atoms with van der Waals surface area (Å²) in [6.45, 7) is 4.68. The molecule has 0 aliphatic carbocycles. The first kappa shape index (κ1) is 14.9. The third-order valence-electron chi connectivity index (χ3n) is 3.05. The van der Waals surface area contributed by atoms with E-state index >= 15 is 0 Å². The van der Waals surface area contributed by atoms with Gasteiger partial charge in [-0.15, -0.1) is 0 Å². The Morgan fingerprint density at radius 3 is 2.29 bits per heavy atom. The highest BCUT2D eigenvalue weighted by Crippen LogP contribution is 2.19. The molecular formula is C17H18O4. The summed E-state index contributed by atoms with van der Waals surface area (Å²) in [6.07, 6.45) is 0. The molecule has 0 aliphatic heterocycles. The van der Waals surface area contributed by atoms with Crippen molar-refractivity contribution in [3.63, 3.8) is 0 Å². The number of carboxylic acids is 1. The Morgan fingerprint density at radius 1 is 1.00 bits per heavy atom. The molecule has 1 N–H and O–H groups in total. The van der Waals surface area contributed by atoms with Crippen LogP contribution in [0.15, 0.2) is 42.5 Å². The van der Waals surface area contributed by atoms with Gasteiger partial charge in [0.05, 0.1) is 5.56 Å². The fourth-order valence-corrected chi connectivity index (χ4v) is 1.89. The van der Waals surface area contributed by atoms with E-state index in [0.717, 1.165) is 11.3 Å². The molecule has 0 unspecified atom stereocenters. The zero-order chi connectivity index (χ0) is 15.2. The van der Waals surface area contributed by atoms with E-state index in [-0.39, 0.29) is 5.56 Å². The molecule has 0 amide bonds. The Kier molecular flexibility index (Phi) is 4.82. The van der Waals surface area contributed by atoms with Gasteiger partial charge in [-0.3, -0.25) is 0 Å². The molecule has 2 aromatic rings. The number of hydrogen-bond donors (Lipinski definition) is 1. The average Bonchev–Trinajstić information content (AvgIpc) is 2.46. The van der Waals surface area contributed by atoms with Crippen molar-refractivity contribution in [1.82, 2.24) is 0 Å². The van der Waals surface area contributed by atoms with Crippen molar-refractivity contribution in [2.24, 2.45) is 0 Å². The Bertz CT molecular complexity index is 617. The van der Waals surface area contributed by atoms with Crippen molar-refractivity contribution >= 4 is 5.97 Å². The summed E-state index contributed by atoms with van der Waals surface area (Å²) in [5.41, 5.74) is 2.24. The molecule has 0 spiro atoms. The molecule has 0 aromatic heterocycles. The van der Waals surface area contributed by atoms with Crippen molar-refractivity contribution in [2.45, 2.75) is 13.8 Å². The van der Waals surface area contributed by atoms with E-state index in [2.05, 4.69) is 0 Å². The van der Waals surface area contributed by atoms with Gasteiger partial charge in [0.2, 0.25) is 0 Å². The normalized spacial score (nSPS) is 10.2. The zero-order valence-electron chi connectivity index (χ0n) is 12.1. The maximum Gasteiger partial charge on any atom is 0.335 e. The number of hydrogen-bond acceptors (Lipinski definition) is 3. The SMILES string of the molecule is Cc1ccc(OCCOc2ccc(C(=O)O)cc2C)cc1. The molecule has 110 valence electrons. The van der Waals surface area contributed by atoms with Crippen LogP contribution in [0, 0.1) is 13.8 Å². The van der Waals surface area contributed by atoms with Crippen LogP contribution in [-0.2, 0) is 0 Å². The van der Waals surface area contributed by atoms with Gasteiger partial charge in [0, 0.05) is 0 Å². The maximum absolute atomic E-state index is 10.8. The number of aryl methyl sites for hydroxylation is 2. The van der Waals surface area contributed by atoms with Crippen molar-refractivity contribution in [3.05, 3.63) is 59.2 Å².